The maximum Gasteiger partial charge on any atom is 0.00104 e. The van der Waals surface area contributed by atoms with Crippen LogP contribution in [0.25, 0.3) is 0 Å². The molecule has 17 heavy (non-hydrogen) atoms. The molecular weight excluding hydrogens is 208 g/mol. The van der Waals surface area contributed by atoms with Crippen molar-refractivity contribution in [2.24, 2.45) is 28.9 Å². The fraction of sp³-hybridized carbons (Fsp3) is 1.00. The van der Waals surface area contributed by atoms with Crippen LogP contribution in [0.5, 0.6) is 0 Å². The highest BCUT2D eigenvalue weighted by molar-refractivity contribution is 4.97. The van der Waals surface area contributed by atoms with Crippen molar-refractivity contribution >= 4 is 0 Å². The summed E-state index contributed by atoms with van der Waals surface area (Å²) in [7, 11) is 0. The maximum atomic E-state index is 5.73. The van der Waals surface area contributed by atoms with E-state index in [9.17, 15) is 0 Å². The molecule has 2 saturated carbocycles. The van der Waals surface area contributed by atoms with Crippen molar-refractivity contribution in [1.29, 1.82) is 0 Å². The third-order valence-electron chi connectivity index (χ3n) is 5.33. The first kappa shape index (κ1) is 13.4. The summed E-state index contributed by atoms with van der Waals surface area (Å²) >= 11 is 0. The molecule has 0 amide bonds. The lowest BCUT2D eigenvalue weighted by Gasteiger charge is -2.29. The minimum Gasteiger partial charge on any atom is -0.330 e. The highest BCUT2D eigenvalue weighted by Crippen LogP contribution is 2.51. The van der Waals surface area contributed by atoms with Crippen molar-refractivity contribution in [1.82, 2.24) is 5.32 Å². The molecule has 0 radical (unpaired) electrons. The van der Waals surface area contributed by atoms with Gasteiger partial charge in [-0.3, -0.25) is 0 Å². The molecule has 0 aliphatic heterocycles. The van der Waals surface area contributed by atoms with Crippen LogP contribution in [0.2, 0.25) is 0 Å². The van der Waals surface area contributed by atoms with Gasteiger partial charge >= 0.3 is 0 Å². The minimum absolute atomic E-state index is 0.661. The zero-order valence-electron chi connectivity index (χ0n) is 11.7. The molecule has 2 heteroatoms. The molecule has 2 nitrogen and oxygen atoms in total. The van der Waals surface area contributed by atoms with E-state index in [-0.39, 0.29) is 0 Å². The highest BCUT2D eigenvalue weighted by atomic mass is 14.9. The molecule has 2 aliphatic rings. The van der Waals surface area contributed by atoms with Crippen LogP contribution in [0.15, 0.2) is 0 Å². The van der Waals surface area contributed by atoms with Gasteiger partial charge in [-0.2, -0.15) is 0 Å². The molecule has 0 spiro atoms. The van der Waals surface area contributed by atoms with Crippen LogP contribution in [-0.4, -0.2) is 19.6 Å². The second kappa shape index (κ2) is 5.71. The normalized spacial score (nSPS) is 31.8. The number of nitrogens with two attached hydrogens (primary N) is 1. The Bertz CT molecular complexity index is 225. The van der Waals surface area contributed by atoms with Crippen molar-refractivity contribution in [2.45, 2.75) is 52.4 Å². The lowest BCUT2D eigenvalue weighted by molar-refractivity contribution is 0.258. The summed E-state index contributed by atoms with van der Waals surface area (Å²) in [6.07, 6.45) is 8.39. The van der Waals surface area contributed by atoms with Crippen LogP contribution in [-0.2, 0) is 0 Å². The van der Waals surface area contributed by atoms with Crippen LogP contribution in [0, 0.1) is 23.2 Å². The molecule has 0 bridgehead atoms. The van der Waals surface area contributed by atoms with Gasteiger partial charge < -0.3 is 11.1 Å². The Morgan fingerprint density at radius 2 is 1.71 bits per heavy atom. The summed E-state index contributed by atoms with van der Waals surface area (Å²) in [5.74, 6) is 2.58. The molecule has 0 aromatic carbocycles. The Hall–Kier alpha value is -0.0800. The average molecular weight is 238 g/mol. The monoisotopic (exact) mass is 238 g/mol. The predicted octanol–water partition coefficient (Wildman–Crippen LogP) is 2.78. The van der Waals surface area contributed by atoms with Gasteiger partial charge in [0.25, 0.3) is 0 Å². The van der Waals surface area contributed by atoms with Gasteiger partial charge in [-0.25, -0.2) is 0 Å². The quantitative estimate of drug-likeness (QED) is 0.747. The first-order chi connectivity index (χ1) is 8.16. The van der Waals surface area contributed by atoms with Gasteiger partial charge in [0, 0.05) is 6.54 Å². The highest BCUT2D eigenvalue weighted by Gasteiger charge is 2.44. The molecule has 0 unspecified atom stereocenters. The third-order valence-corrected chi connectivity index (χ3v) is 5.33. The van der Waals surface area contributed by atoms with Crippen molar-refractivity contribution < 1.29 is 0 Å². The van der Waals surface area contributed by atoms with E-state index in [0.717, 1.165) is 24.3 Å². The summed E-state index contributed by atoms with van der Waals surface area (Å²) in [4.78, 5) is 0. The third kappa shape index (κ3) is 3.45. The van der Waals surface area contributed by atoms with Crippen LogP contribution >= 0.6 is 0 Å². The molecule has 0 aromatic rings. The van der Waals surface area contributed by atoms with E-state index in [4.69, 9.17) is 5.73 Å². The largest absolute Gasteiger partial charge is 0.330 e. The van der Waals surface area contributed by atoms with E-state index >= 15 is 0 Å². The first-order valence-corrected chi connectivity index (χ1v) is 7.57. The molecular formula is C15H30N2. The average Bonchev–Trinajstić information content (AvgIpc) is 3.11. The van der Waals surface area contributed by atoms with E-state index in [2.05, 4.69) is 19.2 Å². The lowest BCUT2D eigenvalue weighted by Crippen LogP contribution is -2.33. The Kier molecular flexibility index (Phi) is 4.48. The van der Waals surface area contributed by atoms with Crippen LogP contribution < -0.4 is 11.1 Å². The topological polar surface area (TPSA) is 38.0 Å². The number of hydrogen-bond acceptors (Lipinski definition) is 2. The molecule has 2 rings (SSSR count). The van der Waals surface area contributed by atoms with E-state index in [0.29, 0.717) is 5.41 Å². The minimum atomic E-state index is 0.661. The van der Waals surface area contributed by atoms with Gasteiger partial charge in [0.15, 0.2) is 0 Å². The lowest BCUT2D eigenvalue weighted by atomic mass is 9.82. The molecule has 100 valence electrons. The smallest absolute Gasteiger partial charge is 0.00104 e. The zero-order valence-corrected chi connectivity index (χ0v) is 11.7. The number of nitrogens with one attached hydrogen (secondary N) is 1. The standard InChI is InChI=1S/C15H30N2/c1-12(2)15(7-8-15)11-17-10-14-5-3-13(9-16)4-6-14/h12-14,17H,3-11,16H2,1-2H3. The predicted molar refractivity (Wildman–Crippen MR) is 73.9 cm³/mol. The molecule has 0 aromatic heterocycles. The summed E-state index contributed by atoms with van der Waals surface area (Å²) in [5, 5.41) is 3.74. The molecule has 0 atom stereocenters. The maximum absolute atomic E-state index is 5.73. The molecule has 0 saturated heterocycles. The van der Waals surface area contributed by atoms with Crippen LogP contribution in [0.4, 0.5) is 0 Å². The second-order valence-electron chi connectivity index (χ2n) is 6.77. The summed E-state index contributed by atoms with van der Waals surface area (Å²) in [6.45, 7) is 8.14. The Morgan fingerprint density at radius 1 is 1.12 bits per heavy atom. The Balaban J connectivity index is 1.60. The molecule has 0 heterocycles. The summed E-state index contributed by atoms with van der Waals surface area (Å²) < 4.78 is 0. The van der Waals surface area contributed by atoms with Crippen LogP contribution in [0.1, 0.15) is 52.4 Å². The molecule has 2 fully saturated rings. The van der Waals surface area contributed by atoms with E-state index < -0.39 is 0 Å². The Labute approximate surface area is 107 Å². The van der Waals surface area contributed by atoms with E-state index in [1.807, 2.05) is 0 Å². The van der Waals surface area contributed by atoms with Gasteiger partial charge in [-0.1, -0.05) is 13.8 Å². The number of rotatable bonds is 6. The van der Waals surface area contributed by atoms with Crippen LogP contribution in [0.3, 0.4) is 0 Å². The van der Waals surface area contributed by atoms with Crippen molar-refractivity contribution in [3.8, 4) is 0 Å². The SMILES string of the molecule is CC(C)C1(CNCC2CCC(CN)CC2)CC1. The Morgan fingerprint density at radius 3 is 2.18 bits per heavy atom. The fourth-order valence-electron chi connectivity index (χ4n) is 3.32. The van der Waals surface area contributed by atoms with Gasteiger partial charge in [0.1, 0.15) is 0 Å². The van der Waals surface area contributed by atoms with Gasteiger partial charge in [0.2, 0.25) is 0 Å². The summed E-state index contributed by atoms with van der Waals surface area (Å²) in [6, 6.07) is 0. The zero-order chi connectivity index (χ0) is 12.3. The van der Waals surface area contributed by atoms with Gasteiger partial charge in [-0.15, -0.1) is 0 Å². The first-order valence-electron chi connectivity index (χ1n) is 7.57. The van der Waals surface area contributed by atoms with Crippen molar-refractivity contribution in [3.63, 3.8) is 0 Å². The second-order valence-corrected chi connectivity index (χ2v) is 6.77. The van der Waals surface area contributed by atoms with E-state index in [1.54, 1.807) is 0 Å². The summed E-state index contributed by atoms with van der Waals surface area (Å²) in [5.41, 5.74) is 6.39. The molecule has 2 aliphatic carbocycles. The van der Waals surface area contributed by atoms with Crippen molar-refractivity contribution in [3.05, 3.63) is 0 Å². The van der Waals surface area contributed by atoms with Gasteiger partial charge in [0.05, 0.1) is 0 Å². The van der Waals surface area contributed by atoms with E-state index in [1.165, 1.54) is 51.6 Å². The molecule has 3 N–H and O–H groups in total. The van der Waals surface area contributed by atoms with Gasteiger partial charge in [-0.05, 0) is 74.8 Å². The van der Waals surface area contributed by atoms with Crippen molar-refractivity contribution in [2.75, 3.05) is 19.6 Å². The fourth-order valence-corrected chi connectivity index (χ4v) is 3.32. The number of hydrogen-bond donors (Lipinski definition) is 2.